The van der Waals surface area contributed by atoms with Crippen molar-refractivity contribution in [3.05, 3.63) is 40.1 Å². The molecule has 0 unspecified atom stereocenters. The molecule has 0 bridgehead atoms. The highest BCUT2D eigenvalue weighted by atomic mass is 32.2. The van der Waals surface area contributed by atoms with Gasteiger partial charge in [-0.1, -0.05) is 0 Å². The van der Waals surface area contributed by atoms with Gasteiger partial charge in [-0.2, -0.15) is 0 Å². The van der Waals surface area contributed by atoms with Crippen molar-refractivity contribution in [2.24, 2.45) is 0 Å². The third-order valence-electron chi connectivity index (χ3n) is 4.10. The maximum Gasteiger partial charge on any atom is 0.349 e. The van der Waals surface area contributed by atoms with Crippen molar-refractivity contribution in [1.29, 1.82) is 0 Å². The number of nitrogens with zero attached hydrogens (tertiary/aromatic N) is 1. The van der Waals surface area contributed by atoms with E-state index in [1.165, 1.54) is 18.6 Å². The summed E-state index contributed by atoms with van der Waals surface area (Å²) >= 11 is 1.00. The van der Waals surface area contributed by atoms with Crippen molar-refractivity contribution >= 4 is 44.6 Å². The summed E-state index contributed by atoms with van der Waals surface area (Å²) in [5, 5.41) is 1.52. The summed E-state index contributed by atoms with van der Waals surface area (Å²) in [4.78, 5) is 25.2. The Labute approximate surface area is 155 Å². The molecular formula is C17H18N2O5S2. The molecule has 2 aromatic rings. The number of hydrogen-bond donors (Lipinski definition) is 1. The Morgan fingerprint density at radius 2 is 2.08 bits per heavy atom. The van der Waals surface area contributed by atoms with Crippen LogP contribution in [0.5, 0.6) is 0 Å². The molecule has 7 nitrogen and oxygen atoms in total. The van der Waals surface area contributed by atoms with E-state index in [4.69, 9.17) is 0 Å². The molecule has 1 fully saturated rings. The van der Waals surface area contributed by atoms with E-state index in [9.17, 15) is 18.0 Å². The first kappa shape index (κ1) is 18.4. The minimum Gasteiger partial charge on any atom is -0.465 e. The van der Waals surface area contributed by atoms with E-state index in [0.29, 0.717) is 18.7 Å². The highest BCUT2D eigenvalue weighted by Gasteiger charge is 2.26. The molecule has 2 heterocycles. The first-order valence-electron chi connectivity index (χ1n) is 7.93. The van der Waals surface area contributed by atoms with E-state index >= 15 is 0 Å². The minimum atomic E-state index is -3.94. The number of methoxy groups -OCH3 is 1. The second-order valence-electron chi connectivity index (χ2n) is 5.86. The smallest absolute Gasteiger partial charge is 0.349 e. The lowest BCUT2D eigenvalue weighted by atomic mass is 10.1. The Balaban J connectivity index is 1.87. The minimum absolute atomic E-state index is 0.0241. The molecule has 0 aliphatic carbocycles. The van der Waals surface area contributed by atoms with Crippen LogP contribution in [-0.2, 0) is 19.6 Å². The molecule has 1 aromatic carbocycles. The molecule has 3 rings (SSSR count). The number of sulfonamides is 1. The van der Waals surface area contributed by atoms with Gasteiger partial charge in [-0.3, -0.25) is 9.52 Å². The van der Waals surface area contributed by atoms with E-state index in [2.05, 4.69) is 9.46 Å². The van der Waals surface area contributed by atoms with E-state index < -0.39 is 16.0 Å². The number of benzene rings is 1. The van der Waals surface area contributed by atoms with Gasteiger partial charge >= 0.3 is 5.97 Å². The number of hydrogen-bond acceptors (Lipinski definition) is 6. The molecule has 9 heteroatoms. The fourth-order valence-corrected chi connectivity index (χ4v) is 5.27. The topological polar surface area (TPSA) is 92.8 Å². The summed E-state index contributed by atoms with van der Waals surface area (Å²) in [5.41, 5.74) is 1.93. The molecule has 1 saturated heterocycles. The quantitative estimate of drug-likeness (QED) is 0.787. The first-order valence-corrected chi connectivity index (χ1v) is 10.3. The molecule has 1 aromatic heterocycles. The molecular weight excluding hydrogens is 376 g/mol. The normalized spacial score (nSPS) is 14.5. The molecule has 1 aliphatic heterocycles. The molecule has 0 atom stereocenters. The number of carbonyl (C=O) groups is 2. The summed E-state index contributed by atoms with van der Waals surface area (Å²) in [6.07, 6.45) is 1.35. The summed E-state index contributed by atoms with van der Waals surface area (Å²) in [6, 6.07) is 6.37. The van der Waals surface area contributed by atoms with Crippen LogP contribution in [0.25, 0.3) is 0 Å². The highest BCUT2D eigenvalue weighted by Crippen LogP contribution is 2.29. The average Bonchev–Trinajstić information content (AvgIpc) is 3.23. The van der Waals surface area contributed by atoms with Crippen molar-refractivity contribution in [3.8, 4) is 0 Å². The number of thiophene rings is 1. The van der Waals surface area contributed by atoms with Gasteiger partial charge in [0.25, 0.3) is 10.0 Å². The van der Waals surface area contributed by atoms with Crippen molar-refractivity contribution < 1.29 is 22.7 Å². The lowest BCUT2D eigenvalue weighted by Gasteiger charge is -2.19. The fraction of sp³-hybridized carbons (Fsp3) is 0.294. The van der Waals surface area contributed by atoms with Crippen LogP contribution in [-0.4, -0.2) is 33.9 Å². The molecule has 1 aliphatic rings. The zero-order chi connectivity index (χ0) is 18.9. The van der Waals surface area contributed by atoms with E-state index in [1.54, 1.807) is 23.1 Å². The molecule has 26 heavy (non-hydrogen) atoms. The molecule has 1 amide bonds. The largest absolute Gasteiger partial charge is 0.465 e. The summed E-state index contributed by atoms with van der Waals surface area (Å²) in [5.74, 6) is -0.623. The monoisotopic (exact) mass is 394 g/mol. The van der Waals surface area contributed by atoms with E-state index in [0.717, 1.165) is 29.0 Å². The van der Waals surface area contributed by atoms with Gasteiger partial charge in [-0.05, 0) is 48.6 Å². The van der Waals surface area contributed by atoms with E-state index in [-0.39, 0.29) is 15.7 Å². The summed E-state index contributed by atoms with van der Waals surface area (Å²) < 4.78 is 32.4. The van der Waals surface area contributed by atoms with Gasteiger partial charge in [0, 0.05) is 24.3 Å². The van der Waals surface area contributed by atoms with Crippen LogP contribution in [0.3, 0.4) is 0 Å². The number of rotatable bonds is 5. The Morgan fingerprint density at radius 1 is 1.31 bits per heavy atom. The number of nitrogens with one attached hydrogen (secondary N) is 1. The van der Waals surface area contributed by atoms with Crippen LogP contribution in [0.15, 0.2) is 34.5 Å². The van der Waals surface area contributed by atoms with Crippen LogP contribution in [0.4, 0.5) is 11.4 Å². The average molecular weight is 394 g/mol. The lowest BCUT2D eigenvalue weighted by Crippen LogP contribution is -2.24. The summed E-state index contributed by atoms with van der Waals surface area (Å²) in [7, 11) is -2.73. The van der Waals surface area contributed by atoms with Crippen molar-refractivity contribution in [1.82, 2.24) is 0 Å². The third kappa shape index (κ3) is 3.45. The van der Waals surface area contributed by atoms with Gasteiger partial charge < -0.3 is 9.64 Å². The maximum atomic E-state index is 12.6. The second-order valence-corrected chi connectivity index (χ2v) is 8.43. The molecule has 138 valence electrons. The van der Waals surface area contributed by atoms with Gasteiger partial charge in [-0.15, -0.1) is 11.3 Å². The van der Waals surface area contributed by atoms with Crippen LogP contribution in [0.2, 0.25) is 0 Å². The number of aryl methyl sites for hydroxylation is 1. The zero-order valence-electron chi connectivity index (χ0n) is 14.3. The van der Waals surface area contributed by atoms with Gasteiger partial charge in [0.2, 0.25) is 5.91 Å². The number of anilines is 2. The van der Waals surface area contributed by atoms with Gasteiger partial charge in [-0.25, -0.2) is 13.2 Å². The maximum absolute atomic E-state index is 12.6. The molecule has 0 saturated carbocycles. The molecule has 0 spiro atoms. The van der Waals surface area contributed by atoms with Crippen molar-refractivity contribution in [2.45, 2.75) is 24.7 Å². The Kier molecular flexibility index (Phi) is 5.01. The van der Waals surface area contributed by atoms with Crippen molar-refractivity contribution in [3.63, 3.8) is 0 Å². The lowest BCUT2D eigenvalue weighted by molar-refractivity contribution is -0.117. The SMILES string of the molecule is COC(=O)c1sccc1S(=O)(=O)Nc1ccc(N2CCCC2=O)c(C)c1. The molecule has 1 N–H and O–H groups in total. The fourth-order valence-electron chi connectivity index (χ4n) is 2.89. The third-order valence-corrected chi connectivity index (χ3v) is 6.55. The van der Waals surface area contributed by atoms with Crippen molar-refractivity contribution in [2.75, 3.05) is 23.3 Å². The number of amides is 1. The predicted octanol–water partition coefficient (Wildman–Crippen LogP) is 2.77. The zero-order valence-corrected chi connectivity index (χ0v) is 15.9. The predicted molar refractivity (Wildman–Crippen MR) is 99.2 cm³/mol. The van der Waals surface area contributed by atoms with Gasteiger partial charge in [0.1, 0.15) is 9.77 Å². The van der Waals surface area contributed by atoms with E-state index in [1.807, 2.05) is 6.92 Å². The van der Waals surface area contributed by atoms with Gasteiger partial charge in [0.15, 0.2) is 0 Å². The van der Waals surface area contributed by atoms with Crippen LogP contribution < -0.4 is 9.62 Å². The van der Waals surface area contributed by atoms with Crippen LogP contribution in [0.1, 0.15) is 28.1 Å². The number of esters is 1. The number of ether oxygens (including phenoxy) is 1. The van der Waals surface area contributed by atoms with Gasteiger partial charge in [0.05, 0.1) is 7.11 Å². The second kappa shape index (κ2) is 7.08. The van der Waals surface area contributed by atoms with Crippen LogP contribution >= 0.6 is 11.3 Å². The Bertz CT molecular complexity index is 965. The van der Waals surface area contributed by atoms with Crippen LogP contribution in [0, 0.1) is 6.92 Å². The Hall–Kier alpha value is -2.39. The molecule has 0 radical (unpaired) electrons. The highest BCUT2D eigenvalue weighted by molar-refractivity contribution is 7.93. The summed E-state index contributed by atoms with van der Waals surface area (Å²) in [6.45, 7) is 2.49. The first-order chi connectivity index (χ1) is 12.3. The Morgan fingerprint density at radius 3 is 2.69 bits per heavy atom. The number of carbonyl (C=O) groups excluding carboxylic acids is 2. The standard InChI is InChI=1S/C17H18N2O5S2/c1-11-10-12(5-6-13(11)19-8-3-4-15(19)20)18-26(22,23)14-7-9-25-16(14)17(21)24-2/h5-7,9-10,18H,3-4,8H2,1-2H3.